The number of rotatable bonds is 9. The van der Waals surface area contributed by atoms with Crippen LogP contribution in [0.4, 0.5) is 10.1 Å². The number of nitrogens with zero attached hydrogens (tertiary/aromatic N) is 2. The van der Waals surface area contributed by atoms with Crippen LogP contribution in [0.3, 0.4) is 0 Å². The molecular weight excluding hydrogens is 489 g/mol. The van der Waals surface area contributed by atoms with E-state index in [2.05, 4.69) is 14.6 Å². The summed E-state index contributed by atoms with van der Waals surface area (Å²) in [7, 11) is -2.22. The van der Waals surface area contributed by atoms with Crippen molar-refractivity contribution in [2.24, 2.45) is 5.92 Å². The molecule has 2 aromatic rings. The van der Waals surface area contributed by atoms with E-state index in [1.807, 2.05) is 13.8 Å². The fourth-order valence-corrected chi connectivity index (χ4v) is 5.36. The summed E-state index contributed by atoms with van der Waals surface area (Å²) in [6.07, 6.45) is 4.27. The lowest BCUT2D eigenvalue weighted by Gasteiger charge is -2.37. The van der Waals surface area contributed by atoms with Crippen LogP contribution in [0.15, 0.2) is 18.3 Å². The highest BCUT2D eigenvalue weighted by molar-refractivity contribution is 7.92. The Morgan fingerprint density at radius 2 is 2.00 bits per heavy atom. The Morgan fingerprint density at radius 1 is 1.28 bits per heavy atom. The minimum Gasteiger partial charge on any atom is -0.489 e. The average Bonchev–Trinajstić information content (AvgIpc) is 3.27. The predicted octanol–water partition coefficient (Wildman–Crippen LogP) is 3.16. The third-order valence-electron chi connectivity index (χ3n) is 6.81. The number of piperidine rings is 1. The van der Waals surface area contributed by atoms with Crippen LogP contribution in [-0.4, -0.2) is 68.6 Å². The second kappa shape index (κ2) is 10.5. The van der Waals surface area contributed by atoms with E-state index in [0.29, 0.717) is 30.9 Å². The predicted molar refractivity (Wildman–Crippen MR) is 134 cm³/mol. The number of nitrogens with one attached hydrogen (secondary N) is 1. The lowest BCUT2D eigenvalue weighted by Crippen LogP contribution is -2.43. The minimum atomic E-state index is -3.60. The van der Waals surface area contributed by atoms with Gasteiger partial charge < -0.3 is 19.3 Å². The van der Waals surface area contributed by atoms with E-state index in [1.54, 1.807) is 6.07 Å². The zero-order valence-electron chi connectivity index (χ0n) is 21.1. The summed E-state index contributed by atoms with van der Waals surface area (Å²) >= 11 is 0. The highest BCUT2D eigenvalue weighted by Gasteiger charge is 2.31. The van der Waals surface area contributed by atoms with Crippen molar-refractivity contribution in [2.45, 2.75) is 45.5 Å². The van der Waals surface area contributed by atoms with Gasteiger partial charge in [0, 0.05) is 29.4 Å². The van der Waals surface area contributed by atoms with E-state index in [-0.39, 0.29) is 35.4 Å². The molecule has 1 aromatic heterocycles. The molecule has 0 radical (unpaired) electrons. The number of aliphatic hydroxyl groups is 1. The van der Waals surface area contributed by atoms with Crippen molar-refractivity contribution in [2.75, 3.05) is 44.3 Å². The van der Waals surface area contributed by atoms with E-state index in [0.717, 1.165) is 37.8 Å². The molecule has 9 nitrogen and oxygen atoms in total. The lowest BCUT2D eigenvalue weighted by molar-refractivity contribution is -0.0138. The molecule has 1 aromatic carbocycles. The third-order valence-corrected chi connectivity index (χ3v) is 7.40. The van der Waals surface area contributed by atoms with Crippen molar-refractivity contribution < 1.29 is 32.1 Å². The highest BCUT2D eigenvalue weighted by atomic mass is 32.2. The van der Waals surface area contributed by atoms with Gasteiger partial charge in [0.15, 0.2) is 11.6 Å². The first kappa shape index (κ1) is 26.6. The number of likely N-dealkylation sites (tertiary alicyclic amines) is 1. The molecule has 1 saturated heterocycles. The van der Waals surface area contributed by atoms with Crippen molar-refractivity contribution in [1.82, 2.24) is 9.88 Å². The second-order valence-electron chi connectivity index (χ2n) is 9.97. The summed E-state index contributed by atoms with van der Waals surface area (Å²) in [6.45, 7) is 6.97. The first-order chi connectivity index (χ1) is 17.0. The summed E-state index contributed by atoms with van der Waals surface area (Å²) in [5.74, 6) is -0.0413. The quantitative estimate of drug-likeness (QED) is 0.516. The Labute approximate surface area is 211 Å². The molecule has 4 rings (SSSR count). The van der Waals surface area contributed by atoms with Gasteiger partial charge in [-0.1, -0.05) is 0 Å². The van der Waals surface area contributed by atoms with Gasteiger partial charge in [0.25, 0.3) is 0 Å². The van der Waals surface area contributed by atoms with Gasteiger partial charge in [0.2, 0.25) is 15.9 Å². The molecular formula is C25H34FN3O6S. The van der Waals surface area contributed by atoms with Crippen LogP contribution in [0.1, 0.15) is 37.8 Å². The van der Waals surface area contributed by atoms with E-state index >= 15 is 4.39 Å². The van der Waals surface area contributed by atoms with E-state index < -0.39 is 21.4 Å². The van der Waals surface area contributed by atoms with Crippen molar-refractivity contribution in [3.63, 3.8) is 0 Å². The molecule has 1 fully saturated rings. The van der Waals surface area contributed by atoms with Crippen molar-refractivity contribution in [1.29, 1.82) is 0 Å². The molecule has 36 heavy (non-hydrogen) atoms. The molecule has 198 valence electrons. The summed E-state index contributed by atoms with van der Waals surface area (Å²) in [6, 6.07) is 3.18. The molecule has 2 N–H and O–H groups in total. The smallest absolute Gasteiger partial charge is 0.238 e. The molecule has 0 atom stereocenters. The van der Waals surface area contributed by atoms with Gasteiger partial charge >= 0.3 is 0 Å². The number of pyridine rings is 1. The van der Waals surface area contributed by atoms with Gasteiger partial charge in [0.1, 0.15) is 12.3 Å². The zero-order chi connectivity index (χ0) is 26.1. The van der Waals surface area contributed by atoms with Crippen LogP contribution in [0, 0.1) is 11.7 Å². The molecule has 2 aliphatic heterocycles. The number of anilines is 1. The van der Waals surface area contributed by atoms with E-state index in [1.165, 1.54) is 19.4 Å². The van der Waals surface area contributed by atoms with Crippen LogP contribution < -0.4 is 14.2 Å². The molecule has 11 heteroatoms. The van der Waals surface area contributed by atoms with Gasteiger partial charge in [0.05, 0.1) is 32.2 Å². The van der Waals surface area contributed by atoms with Gasteiger partial charge in [-0.05, 0) is 63.4 Å². The Bertz CT molecular complexity index is 1210. The maximum absolute atomic E-state index is 15.8. The van der Waals surface area contributed by atoms with Crippen molar-refractivity contribution in [3.05, 3.63) is 35.3 Å². The fraction of sp³-hybridized carbons (Fsp3) is 0.560. The van der Waals surface area contributed by atoms with E-state index in [4.69, 9.17) is 14.2 Å². The van der Waals surface area contributed by atoms with Crippen LogP contribution >= 0.6 is 0 Å². The second-order valence-corrected chi connectivity index (χ2v) is 11.7. The number of hydrogen-bond acceptors (Lipinski definition) is 8. The molecule has 0 amide bonds. The van der Waals surface area contributed by atoms with E-state index in [9.17, 15) is 13.5 Å². The Balaban J connectivity index is 1.54. The molecule has 0 spiro atoms. The maximum Gasteiger partial charge on any atom is 0.238 e. The number of methoxy groups -OCH3 is 1. The summed E-state index contributed by atoms with van der Waals surface area (Å²) in [5, 5.41) is 10.3. The van der Waals surface area contributed by atoms with Gasteiger partial charge in [-0.3, -0.25) is 9.62 Å². The fourth-order valence-electron chi connectivity index (χ4n) is 4.81. The summed E-state index contributed by atoms with van der Waals surface area (Å²) < 4.78 is 58.4. The average molecular weight is 524 g/mol. The first-order valence-electron chi connectivity index (χ1n) is 12.0. The van der Waals surface area contributed by atoms with Crippen LogP contribution in [0.2, 0.25) is 0 Å². The SMILES string of the molecule is COc1ncc(-c2cc3c(c(OCCN4CCC(C(C)(C)O)CC4)c2F)COC3)cc1NS(C)(=O)=O. The Morgan fingerprint density at radius 3 is 2.64 bits per heavy atom. The van der Waals surface area contributed by atoms with Crippen molar-refractivity contribution in [3.8, 4) is 22.8 Å². The van der Waals surface area contributed by atoms with Crippen molar-refractivity contribution >= 4 is 15.7 Å². The number of benzene rings is 1. The molecule has 0 saturated carbocycles. The molecule has 2 aliphatic rings. The molecule has 0 unspecified atom stereocenters. The number of hydrogen-bond donors (Lipinski definition) is 2. The molecule has 0 bridgehead atoms. The number of sulfonamides is 1. The molecule has 0 aliphatic carbocycles. The number of halogens is 1. The largest absolute Gasteiger partial charge is 0.489 e. The zero-order valence-corrected chi connectivity index (χ0v) is 22.0. The standard InChI is InChI=1S/C25H34FN3O6S/c1-25(2,30)18-5-7-29(8-6-18)9-10-35-23-20-15-34-14-17(20)11-19(22(23)26)16-12-21(28-36(4,31)32)24(33-3)27-13-16/h11-13,18,28,30H,5-10,14-15H2,1-4H3. The summed E-state index contributed by atoms with van der Waals surface area (Å²) in [5.41, 5.74) is 1.57. The lowest BCUT2D eigenvalue weighted by atomic mass is 9.83. The van der Waals surface area contributed by atoms with Crippen LogP contribution in [0.5, 0.6) is 11.6 Å². The third kappa shape index (κ3) is 6.08. The topological polar surface area (TPSA) is 110 Å². The Hall–Kier alpha value is -2.47. The number of fused-ring (bicyclic) bond motifs is 1. The highest BCUT2D eigenvalue weighted by Crippen LogP contribution is 2.40. The number of aromatic nitrogens is 1. The van der Waals surface area contributed by atoms with Gasteiger partial charge in [-0.15, -0.1) is 0 Å². The number of ether oxygens (including phenoxy) is 3. The first-order valence-corrected chi connectivity index (χ1v) is 13.9. The van der Waals surface area contributed by atoms with Crippen LogP contribution in [-0.2, 0) is 28.0 Å². The molecule has 3 heterocycles. The maximum atomic E-state index is 15.8. The van der Waals surface area contributed by atoms with Crippen LogP contribution in [0.25, 0.3) is 11.1 Å². The summed E-state index contributed by atoms with van der Waals surface area (Å²) in [4.78, 5) is 6.42. The van der Waals surface area contributed by atoms with Gasteiger partial charge in [-0.25, -0.2) is 17.8 Å². The normalized spacial score (nSPS) is 17.2. The monoisotopic (exact) mass is 523 g/mol. The minimum absolute atomic E-state index is 0.0823. The Kier molecular flexibility index (Phi) is 7.75. The van der Waals surface area contributed by atoms with Gasteiger partial charge in [-0.2, -0.15) is 0 Å².